The zero-order valence-electron chi connectivity index (χ0n) is 8.90. The van der Waals surface area contributed by atoms with Gasteiger partial charge in [-0.05, 0) is 7.05 Å². The van der Waals surface area contributed by atoms with E-state index in [4.69, 9.17) is 10.5 Å². The van der Waals surface area contributed by atoms with Crippen LogP contribution in [0.25, 0.3) is 0 Å². The Morgan fingerprint density at radius 1 is 1.71 bits per heavy atom. The van der Waals surface area contributed by atoms with Gasteiger partial charge in [0.2, 0.25) is 0 Å². The molecule has 0 radical (unpaired) electrons. The van der Waals surface area contributed by atoms with Crippen molar-refractivity contribution in [2.75, 3.05) is 45.4 Å². The molecule has 1 aliphatic heterocycles. The van der Waals surface area contributed by atoms with E-state index in [-0.39, 0.29) is 0 Å². The van der Waals surface area contributed by atoms with Crippen LogP contribution in [0, 0.1) is 0 Å². The maximum absolute atomic E-state index is 5.92. The summed E-state index contributed by atoms with van der Waals surface area (Å²) in [6.07, 6.45) is 0. The van der Waals surface area contributed by atoms with Crippen LogP contribution in [0.4, 0.5) is 0 Å². The van der Waals surface area contributed by atoms with Gasteiger partial charge in [0, 0.05) is 25.2 Å². The number of methoxy groups -OCH3 is 1. The lowest BCUT2D eigenvalue weighted by Crippen LogP contribution is -2.48. The molecule has 0 aromatic heterocycles. The molecular formula is C9H19N3OS. The van der Waals surface area contributed by atoms with Gasteiger partial charge in [0.05, 0.1) is 19.2 Å². The van der Waals surface area contributed by atoms with Crippen LogP contribution in [0.2, 0.25) is 0 Å². The van der Waals surface area contributed by atoms with Gasteiger partial charge in [-0.2, -0.15) is 11.8 Å². The summed E-state index contributed by atoms with van der Waals surface area (Å²) >= 11 is 1.94. The molecule has 1 rings (SSSR count). The Kier molecular flexibility index (Phi) is 5.29. The fourth-order valence-corrected chi connectivity index (χ4v) is 2.60. The van der Waals surface area contributed by atoms with Gasteiger partial charge in [0.25, 0.3) is 0 Å². The molecule has 0 spiro atoms. The fraction of sp³-hybridized carbons (Fsp3) is 0.889. The van der Waals surface area contributed by atoms with Crippen LogP contribution in [0.1, 0.15) is 0 Å². The largest absolute Gasteiger partial charge is 0.386 e. The molecule has 1 heterocycles. The maximum Gasteiger partial charge on any atom is 0.112 e. The predicted octanol–water partition coefficient (Wildman–Crippen LogP) is 0.0372. The second kappa shape index (κ2) is 6.27. The van der Waals surface area contributed by atoms with Crippen molar-refractivity contribution in [2.45, 2.75) is 6.04 Å². The minimum Gasteiger partial charge on any atom is -0.386 e. The summed E-state index contributed by atoms with van der Waals surface area (Å²) in [5, 5.41) is 0. The van der Waals surface area contributed by atoms with Gasteiger partial charge < -0.3 is 10.5 Å². The van der Waals surface area contributed by atoms with E-state index < -0.39 is 0 Å². The Morgan fingerprint density at radius 2 is 2.50 bits per heavy atom. The van der Waals surface area contributed by atoms with Crippen LogP contribution in [0.15, 0.2) is 4.99 Å². The highest BCUT2D eigenvalue weighted by atomic mass is 32.2. The van der Waals surface area contributed by atoms with E-state index in [2.05, 4.69) is 16.9 Å². The molecule has 2 N–H and O–H groups in total. The molecule has 0 amide bonds. The van der Waals surface area contributed by atoms with Crippen LogP contribution < -0.4 is 5.73 Å². The van der Waals surface area contributed by atoms with Gasteiger partial charge in [0.15, 0.2) is 0 Å². The fourth-order valence-electron chi connectivity index (χ4n) is 1.37. The van der Waals surface area contributed by atoms with Crippen LogP contribution in [0.5, 0.6) is 0 Å². The van der Waals surface area contributed by atoms with Gasteiger partial charge in [-0.25, -0.2) is 0 Å². The van der Waals surface area contributed by atoms with Gasteiger partial charge >= 0.3 is 0 Å². The molecule has 4 nitrogen and oxygen atoms in total. The lowest BCUT2D eigenvalue weighted by atomic mass is 10.2. The number of hydrogen-bond donors (Lipinski definition) is 1. The van der Waals surface area contributed by atoms with E-state index in [1.165, 1.54) is 5.75 Å². The molecule has 0 aliphatic carbocycles. The first-order chi connectivity index (χ1) is 6.75. The minimum atomic E-state index is 0.311. The average Bonchev–Trinajstić information content (AvgIpc) is 2.18. The van der Waals surface area contributed by atoms with E-state index in [0.29, 0.717) is 19.2 Å². The van der Waals surface area contributed by atoms with E-state index in [9.17, 15) is 0 Å². The smallest absolute Gasteiger partial charge is 0.112 e. The Bertz CT molecular complexity index is 198. The monoisotopic (exact) mass is 217 g/mol. The molecule has 1 unspecified atom stereocenters. The maximum atomic E-state index is 5.92. The Balaban J connectivity index is 2.40. The SMILES string of the molecule is COCCN=C(N)C1CSCCN1C. The molecule has 14 heavy (non-hydrogen) atoms. The van der Waals surface area contributed by atoms with Crippen molar-refractivity contribution in [1.29, 1.82) is 0 Å². The third-order valence-corrected chi connectivity index (χ3v) is 3.35. The number of rotatable bonds is 4. The molecule has 1 fully saturated rings. The second-order valence-corrected chi connectivity index (χ2v) is 4.52. The summed E-state index contributed by atoms with van der Waals surface area (Å²) in [7, 11) is 3.78. The summed E-state index contributed by atoms with van der Waals surface area (Å²) in [6, 6.07) is 0.311. The number of nitrogens with two attached hydrogens (primary N) is 1. The normalized spacial score (nSPS) is 25.3. The van der Waals surface area contributed by atoms with Crippen molar-refractivity contribution < 1.29 is 4.74 Å². The van der Waals surface area contributed by atoms with Gasteiger partial charge in [-0.3, -0.25) is 9.89 Å². The topological polar surface area (TPSA) is 50.9 Å². The van der Waals surface area contributed by atoms with Crippen LogP contribution in [-0.4, -0.2) is 62.1 Å². The highest BCUT2D eigenvalue weighted by Crippen LogP contribution is 2.14. The summed E-state index contributed by atoms with van der Waals surface area (Å²) in [5.74, 6) is 2.99. The number of likely N-dealkylation sites (N-methyl/N-ethyl adjacent to an activating group) is 1. The van der Waals surface area contributed by atoms with Crippen molar-refractivity contribution in [3.05, 3.63) is 0 Å². The molecule has 0 saturated carbocycles. The van der Waals surface area contributed by atoms with E-state index in [1.54, 1.807) is 7.11 Å². The molecule has 0 aromatic carbocycles. The number of aliphatic imine (C=N–C) groups is 1. The first-order valence-corrected chi connectivity index (χ1v) is 5.98. The molecule has 5 heteroatoms. The average molecular weight is 217 g/mol. The Hall–Kier alpha value is -0.260. The van der Waals surface area contributed by atoms with E-state index in [1.807, 2.05) is 11.8 Å². The first-order valence-electron chi connectivity index (χ1n) is 4.82. The summed E-state index contributed by atoms with van der Waals surface area (Å²) < 4.78 is 4.92. The third-order valence-electron chi connectivity index (χ3n) is 2.33. The lowest BCUT2D eigenvalue weighted by Gasteiger charge is -2.31. The Morgan fingerprint density at radius 3 is 3.14 bits per heavy atom. The number of nitrogens with zero attached hydrogens (tertiary/aromatic N) is 2. The molecule has 0 bridgehead atoms. The summed E-state index contributed by atoms with van der Waals surface area (Å²) in [5.41, 5.74) is 5.92. The molecule has 1 atom stereocenters. The Labute approximate surface area is 89.9 Å². The standard InChI is InChI=1S/C9H19N3OS/c1-12-4-6-14-7-8(12)9(10)11-3-5-13-2/h8H,3-7H2,1-2H3,(H2,10,11). The predicted molar refractivity (Wildman–Crippen MR) is 62.1 cm³/mol. The number of ether oxygens (including phenoxy) is 1. The van der Waals surface area contributed by atoms with Gasteiger partial charge in [-0.1, -0.05) is 0 Å². The third kappa shape index (κ3) is 3.48. The van der Waals surface area contributed by atoms with E-state index in [0.717, 1.165) is 18.1 Å². The van der Waals surface area contributed by atoms with Crippen molar-refractivity contribution in [2.24, 2.45) is 10.7 Å². The highest BCUT2D eigenvalue weighted by molar-refractivity contribution is 7.99. The summed E-state index contributed by atoms with van der Waals surface area (Å²) in [6.45, 7) is 2.40. The van der Waals surface area contributed by atoms with Gasteiger partial charge in [0.1, 0.15) is 5.84 Å². The first kappa shape index (κ1) is 11.8. The molecule has 1 saturated heterocycles. The van der Waals surface area contributed by atoms with Crippen molar-refractivity contribution >= 4 is 17.6 Å². The van der Waals surface area contributed by atoms with Crippen molar-refractivity contribution in [3.63, 3.8) is 0 Å². The number of thioether (sulfide) groups is 1. The zero-order valence-corrected chi connectivity index (χ0v) is 9.72. The minimum absolute atomic E-state index is 0.311. The van der Waals surface area contributed by atoms with E-state index >= 15 is 0 Å². The van der Waals surface area contributed by atoms with Crippen LogP contribution in [-0.2, 0) is 4.74 Å². The quantitative estimate of drug-likeness (QED) is 0.410. The second-order valence-electron chi connectivity index (χ2n) is 3.37. The van der Waals surface area contributed by atoms with Crippen molar-refractivity contribution in [1.82, 2.24) is 4.90 Å². The van der Waals surface area contributed by atoms with Crippen molar-refractivity contribution in [3.8, 4) is 0 Å². The molecular weight excluding hydrogens is 198 g/mol. The lowest BCUT2D eigenvalue weighted by molar-refractivity contribution is 0.207. The molecule has 0 aromatic rings. The highest BCUT2D eigenvalue weighted by Gasteiger charge is 2.22. The summed E-state index contributed by atoms with van der Waals surface area (Å²) in [4.78, 5) is 6.57. The van der Waals surface area contributed by atoms with Crippen LogP contribution >= 0.6 is 11.8 Å². The number of hydrogen-bond acceptors (Lipinski definition) is 4. The van der Waals surface area contributed by atoms with Crippen LogP contribution in [0.3, 0.4) is 0 Å². The van der Waals surface area contributed by atoms with Gasteiger partial charge in [-0.15, -0.1) is 0 Å². The zero-order chi connectivity index (χ0) is 10.4. The number of amidine groups is 1. The molecule has 82 valence electrons. The molecule has 1 aliphatic rings.